The molecular weight excluding hydrogens is 504 g/mol. The molecule has 0 saturated carbocycles. The van der Waals surface area contributed by atoms with Crippen LogP contribution < -0.4 is 0 Å². The van der Waals surface area contributed by atoms with Gasteiger partial charge in [0.25, 0.3) is 0 Å². The highest BCUT2D eigenvalue weighted by atomic mass is 16.4. The van der Waals surface area contributed by atoms with E-state index in [4.69, 9.17) is 91.9 Å². The monoisotopic (exact) mass is 546 g/mol. The molecule has 0 aromatic carbocycles. The van der Waals surface area contributed by atoms with Gasteiger partial charge in [-0.1, -0.05) is 0 Å². The summed E-state index contributed by atoms with van der Waals surface area (Å²) >= 11 is 0. The number of hydrogen-bond donors (Lipinski definition) is 18. The van der Waals surface area contributed by atoms with E-state index in [0.717, 1.165) is 0 Å². The second-order valence-electron chi connectivity index (χ2n) is 7.44. The van der Waals surface area contributed by atoms with Crippen molar-refractivity contribution in [3.8, 4) is 0 Å². The van der Waals surface area contributed by atoms with Gasteiger partial charge in [-0.2, -0.15) is 0 Å². The molecule has 0 spiro atoms. The number of aliphatic hydroxyl groups is 18. The third-order valence-corrected chi connectivity index (χ3v) is 4.54. The highest BCUT2D eigenvalue weighted by molar-refractivity contribution is 4.81. The Morgan fingerprint density at radius 3 is 0.361 bits per heavy atom. The first-order valence-corrected chi connectivity index (χ1v) is 10.4. The normalized spacial score (nSPS) is 21.5. The van der Waals surface area contributed by atoms with Gasteiger partial charge in [0.05, 0.1) is 39.6 Å². The summed E-state index contributed by atoms with van der Waals surface area (Å²) in [6.45, 7) is -4.35. The van der Waals surface area contributed by atoms with Crippen molar-refractivity contribution in [1.82, 2.24) is 0 Å². The summed E-state index contributed by atoms with van der Waals surface area (Å²) < 4.78 is 0. The van der Waals surface area contributed by atoms with Crippen LogP contribution in [0.4, 0.5) is 0 Å². The van der Waals surface area contributed by atoms with Crippen LogP contribution in [0.1, 0.15) is 0 Å². The van der Waals surface area contributed by atoms with Gasteiger partial charge in [0.15, 0.2) is 0 Å². The maximum Gasteiger partial charge on any atom is 0.111 e. The maximum absolute atomic E-state index is 8.96. The third kappa shape index (κ3) is 15.5. The van der Waals surface area contributed by atoms with Crippen molar-refractivity contribution in [3.05, 3.63) is 0 Å². The van der Waals surface area contributed by atoms with Crippen LogP contribution in [-0.2, 0) is 0 Å². The molecule has 0 fully saturated rings. The highest BCUT2D eigenvalue weighted by Gasteiger charge is 2.31. The van der Waals surface area contributed by atoms with E-state index in [1.165, 1.54) is 0 Å². The smallest absolute Gasteiger partial charge is 0.111 e. The lowest BCUT2D eigenvalue weighted by atomic mass is 10.0. The van der Waals surface area contributed by atoms with Gasteiger partial charge in [-0.3, -0.25) is 0 Å². The van der Waals surface area contributed by atoms with Crippen LogP contribution in [0.2, 0.25) is 0 Å². The molecule has 0 aromatic heterocycles. The van der Waals surface area contributed by atoms with Crippen molar-refractivity contribution in [3.63, 3.8) is 0 Å². The predicted octanol–water partition coefficient (Wildman–Crippen LogP) is -10.8. The molecule has 0 aliphatic heterocycles. The van der Waals surface area contributed by atoms with E-state index in [1.54, 1.807) is 0 Å². The van der Waals surface area contributed by atoms with Crippen LogP contribution in [-0.4, -0.2) is 205 Å². The molecule has 12 unspecified atom stereocenters. The Kier molecular flexibility index (Phi) is 24.6. The Bertz CT molecular complexity index is 380. The van der Waals surface area contributed by atoms with Gasteiger partial charge in [-0.15, -0.1) is 0 Å². The summed E-state index contributed by atoms with van der Waals surface area (Å²) in [5.41, 5.74) is 0. The van der Waals surface area contributed by atoms with Crippen molar-refractivity contribution in [1.29, 1.82) is 0 Å². The minimum Gasteiger partial charge on any atom is -0.394 e. The molecule has 0 aliphatic carbocycles. The van der Waals surface area contributed by atoms with Gasteiger partial charge < -0.3 is 91.9 Å². The van der Waals surface area contributed by atoms with Gasteiger partial charge >= 0.3 is 0 Å². The molecule has 0 amide bonds. The fraction of sp³-hybridized carbons (Fsp3) is 1.00. The first-order valence-electron chi connectivity index (χ1n) is 10.4. The number of aliphatic hydroxyl groups excluding tert-OH is 18. The first kappa shape index (κ1) is 39.8. The van der Waals surface area contributed by atoms with Crippen LogP contribution in [0.15, 0.2) is 0 Å². The Labute approximate surface area is 205 Å². The molecule has 0 aromatic rings. The van der Waals surface area contributed by atoms with Gasteiger partial charge in [0.2, 0.25) is 0 Å². The lowest BCUT2D eigenvalue weighted by Gasteiger charge is -2.24. The Morgan fingerprint density at radius 1 is 0.222 bits per heavy atom. The molecule has 222 valence electrons. The SMILES string of the molecule is OCC(O)C(O)C(O)C(O)CO.OCC(O)C(O)C(O)C(O)CO.OCC(O)C(O)C(O)C(O)CO. The molecule has 36 heavy (non-hydrogen) atoms. The molecular formula is C18H42O18. The fourth-order valence-corrected chi connectivity index (χ4v) is 2.01. The fourth-order valence-electron chi connectivity index (χ4n) is 2.01. The van der Waals surface area contributed by atoms with Crippen molar-refractivity contribution < 1.29 is 91.9 Å². The third-order valence-electron chi connectivity index (χ3n) is 4.54. The summed E-state index contributed by atoms with van der Waals surface area (Å²) in [4.78, 5) is 0. The van der Waals surface area contributed by atoms with Crippen molar-refractivity contribution in [2.75, 3.05) is 39.6 Å². The lowest BCUT2D eigenvalue weighted by molar-refractivity contribution is -0.123. The minimum absolute atomic E-state index is 0.726. The van der Waals surface area contributed by atoms with Crippen molar-refractivity contribution in [2.45, 2.75) is 73.2 Å². The molecule has 0 rings (SSSR count). The molecule has 0 bridgehead atoms. The number of hydrogen-bond acceptors (Lipinski definition) is 18. The van der Waals surface area contributed by atoms with Crippen molar-refractivity contribution in [2.24, 2.45) is 0 Å². The standard InChI is InChI=1S/3C6H14O6/c3*7-1-3(9)5(11)6(12)4(10)2-8/h3*3-12H,1-2H2. The average molecular weight is 547 g/mol. The zero-order valence-corrected chi connectivity index (χ0v) is 19.2. The molecule has 0 radical (unpaired) electrons. The molecule has 12 atom stereocenters. The summed E-state index contributed by atoms with van der Waals surface area (Å²) in [6.07, 6.45) is -19.2. The molecule has 18 N–H and O–H groups in total. The van der Waals surface area contributed by atoms with E-state index in [2.05, 4.69) is 0 Å². The zero-order valence-electron chi connectivity index (χ0n) is 19.2. The van der Waals surface area contributed by atoms with Crippen molar-refractivity contribution >= 4 is 0 Å². The molecule has 18 nitrogen and oxygen atoms in total. The maximum atomic E-state index is 8.96. The van der Waals surface area contributed by atoms with Crippen LogP contribution in [0, 0.1) is 0 Å². The molecule has 0 heterocycles. The Hall–Kier alpha value is -0.720. The quantitative estimate of drug-likeness (QED) is 0.0905. The minimum atomic E-state index is -1.67. The Balaban J connectivity index is -0.000000454. The van der Waals surface area contributed by atoms with E-state index >= 15 is 0 Å². The molecule has 18 heteroatoms. The molecule has 0 saturated heterocycles. The summed E-state index contributed by atoms with van der Waals surface area (Å²) in [5, 5.41) is 157. The highest BCUT2D eigenvalue weighted by Crippen LogP contribution is 2.05. The van der Waals surface area contributed by atoms with Gasteiger partial charge in [-0.05, 0) is 0 Å². The predicted molar refractivity (Wildman–Crippen MR) is 115 cm³/mol. The number of rotatable bonds is 15. The second-order valence-corrected chi connectivity index (χ2v) is 7.44. The Morgan fingerprint density at radius 2 is 0.306 bits per heavy atom. The van der Waals surface area contributed by atoms with Crippen LogP contribution in [0.25, 0.3) is 0 Å². The second kappa shape index (κ2) is 22.3. The van der Waals surface area contributed by atoms with Crippen LogP contribution >= 0.6 is 0 Å². The topological polar surface area (TPSA) is 364 Å². The van der Waals surface area contributed by atoms with E-state index in [0.29, 0.717) is 0 Å². The lowest BCUT2D eigenvalue weighted by Crippen LogP contribution is -2.46. The van der Waals surface area contributed by atoms with Crippen LogP contribution in [0.5, 0.6) is 0 Å². The summed E-state index contributed by atoms with van der Waals surface area (Å²) in [5.74, 6) is 0. The van der Waals surface area contributed by atoms with Gasteiger partial charge in [0, 0.05) is 0 Å². The van der Waals surface area contributed by atoms with E-state index < -0.39 is 113 Å². The van der Waals surface area contributed by atoms with E-state index in [-0.39, 0.29) is 0 Å². The first-order chi connectivity index (χ1) is 16.6. The van der Waals surface area contributed by atoms with Crippen LogP contribution in [0.3, 0.4) is 0 Å². The van der Waals surface area contributed by atoms with E-state index in [9.17, 15) is 0 Å². The van der Waals surface area contributed by atoms with E-state index in [1.807, 2.05) is 0 Å². The zero-order chi connectivity index (χ0) is 29.2. The van der Waals surface area contributed by atoms with Gasteiger partial charge in [-0.25, -0.2) is 0 Å². The summed E-state index contributed by atoms with van der Waals surface area (Å²) in [6, 6.07) is 0. The average Bonchev–Trinajstić information content (AvgIpc) is 2.92. The largest absolute Gasteiger partial charge is 0.394 e. The molecule has 0 aliphatic rings. The summed E-state index contributed by atoms with van der Waals surface area (Å²) in [7, 11) is 0. The van der Waals surface area contributed by atoms with Gasteiger partial charge in [0.1, 0.15) is 73.2 Å².